The first-order valence-corrected chi connectivity index (χ1v) is 10.2. The molecule has 0 radical (unpaired) electrons. The highest BCUT2D eigenvalue weighted by Gasteiger charge is 2.50. The molecule has 12 heteroatoms. The molecule has 182 valence electrons. The van der Waals surface area contributed by atoms with Crippen molar-refractivity contribution in [1.82, 2.24) is 0 Å². The summed E-state index contributed by atoms with van der Waals surface area (Å²) in [6.45, 7) is -1.21. The van der Waals surface area contributed by atoms with Gasteiger partial charge in [-0.1, -0.05) is 12.1 Å². The van der Waals surface area contributed by atoms with Crippen LogP contribution in [0.2, 0.25) is 0 Å². The molecule has 0 aromatic heterocycles. The van der Waals surface area contributed by atoms with Gasteiger partial charge in [0.15, 0.2) is 12.6 Å². The van der Waals surface area contributed by atoms with Crippen molar-refractivity contribution in [2.75, 3.05) is 19.8 Å². The number of hydrogen-bond donors (Lipinski definition) is 8. The van der Waals surface area contributed by atoms with Crippen LogP contribution < -0.4 is 0 Å². The molecular formula is C20H30O12. The Kier molecular flexibility index (Phi) is 8.77. The van der Waals surface area contributed by atoms with Crippen LogP contribution in [0.4, 0.5) is 0 Å². The molecule has 3 rings (SSSR count). The molecule has 8 N–H and O–H groups in total. The lowest BCUT2D eigenvalue weighted by Crippen LogP contribution is -2.64. The van der Waals surface area contributed by atoms with Crippen LogP contribution in [0.1, 0.15) is 5.56 Å². The molecule has 1 aromatic rings. The summed E-state index contributed by atoms with van der Waals surface area (Å²) in [5.74, 6) is 0.119. The van der Waals surface area contributed by atoms with Crippen molar-refractivity contribution < 1.29 is 59.8 Å². The number of phenolic OH excluding ortho intramolecular Hbond substituents is 1. The predicted octanol–water partition coefficient (Wildman–Crippen LogP) is -3.42. The van der Waals surface area contributed by atoms with Gasteiger partial charge in [-0.05, 0) is 24.1 Å². The van der Waals surface area contributed by atoms with Gasteiger partial charge in [-0.2, -0.15) is 0 Å². The molecule has 0 amide bonds. The van der Waals surface area contributed by atoms with Crippen molar-refractivity contribution in [3.05, 3.63) is 29.8 Å². The molecule has 2 aliphatic rings. The molecule has 2 heterocycles. The van der Waals surface area contributed by atoms with E-state index in [0.717, 1.165) is 5.56 Å². The standard InChI is InChI=1S/C20H30O12/c21-7-11-13(24)15(26)16(27)20(31-11)32-18-14(25)12(8-22)30-19(17(18)28)29-6-5-9-1-3-10(23)4-2-9/h1-4,11-28H,5-8H2/t11-,12-,13-,14-,15+,16-,17-,18+,19-,20+/m1/s1. The van der Waals surface area contributed by atoms with Crippen molar-refractivity contribution in [3.63, 3.8) is 0 Å². The first-order valence-electron chi connectivity index (χ1n) is 10.2. The van der Waals surface area contributed by atoms with E-state index in [-0.39, 0.29) is 12.4 Å². The third-order valence-electron chi connectivity index (χ3n) is 5.57. The molecule has 32 heavy (non-hydrogen) atoms. The van der Waals surface area contributed by atoms with Gasteiger partial charge in [0.25, 0.3) is 0 Å². The normalized spacial score (nSPS) is 40.3. The molecule has 2 fully saturated rings. The van der Waals surface area contributed by atoms with E-state index in [9.17, 15) is 40.9 Å². The van der Waals surface area contributed by atoms with Crippen LogP contribution in [-0.4, -0.2) is 122 Å². The first kappa shape index (κ1) is 25.2. The van der Waals surface area contributed by atoms with Crippen molar-refractivity contribution in [2.24, 2.45) is 0 Å². The Morgan fingerprint density at radius 3 is 1.94 bits per heavy atom. The van der Waals surface area contributed by atoms with Crippen LogP contribution in [0.15, 0.2) is 24.3 Å². The Balaban J connectivity index is 1.65. The average molecular weight is 462 g/mol. The van der Waals surface area contributed by atoms with Gasteiger partial charge < -0.3 is 59.8 Å². The summed E-state index contributed by atoms with van der Waals surface area (Å²) in [6.07, 6.45) is -14.5. The minimum Gasteiger partial charge on any atom is -0.508 e. The smallest absolute Gasteiger partial charge is 0.187 e. The number of benzene rings is 1. The van der Waals surface area contributed by atoms with Gasteiger partial charge in [0.05, 0.1) is 19.8 Å². The number of rotatable bonds is 8. The second-order valence-electron chi connectivity index (χ2n) is 7.79. The molecule has 0 unspecified atom stereocenters. The predicted molar refractivity (Wildman–Crippen MR) is 104 cm³/mol. The van der Waals surface area contributed by atoms with Crippen LogP contribution in [0.25, 0.3) is 0 Å². The molecule has 0 aliphatic carbocycles. The lowest BCUT2D eigenvalue weighted by Gasteiger charge is -2.45. The topological polar surface area (TPSA) is 199 Å². The Bertz CT molecular complexity index is 700. The third-order valence-corrected chi connectivity index (χ3v) is 5.57. The van der Waals surface area contributed by atoms with Gasteiger partial charge in [0.1, 0.15) is 54.6 Å². The van der Waals surface area contributed by atoms with Gasteiger partial charge in [-0.15, -0.1) is 0 Å². The fraction of sp³-hybridized carbons (Fsp3) is 0.700. The lowest BCUT2D eigenvalue weighted by molar-refractivity contribution is -0.360. The van der Waals surface area contributed by atoms with E-state index in [1.807, 2.05) is 0 Å². The van der Waals surface area contributed by atoms with Gasteiger partial charge >= 0.3 is 0 Å². The molecular weight excluding hydrogens is 432 g/mol. The maximum absolute atomic E-state index is 10.7. The minimum absolute atomic E-state index is 0.0908. The molecule has 1 aromatic carbocycles. The van der Waals surface area contributed by atoms with E-state index in [4.69, 9.17) is 18.9 Å². The highest BCUT2D eigenvalue weighted by molar-refractivity contribution is 5.25. The quantitative estimate of drug-likeness (QED) is 0.191. The molecule has 12 nitrogen and oxygen atoms in total. The summed E-state index contributed by atoms with van der Waals surface area (Å²) in [4.78, 5) is 0. The second kappa shape index (κ2) is 11.1. The van der Waals surface area contributed by atoms with Crippen LogP contribution in [-0.2, 0) is 25.4 Å². The minimum atomic E-state index is -1.74. The molecule has 0 spiro atoms. The highest BCUT2D eigenvalue weighted by atomic mass is 16.7. The Morgan fingerprint density at radius 1 is 0.719 bits per heavy atom. The van der Waals surface area contributed by atoms with E-state index in [0.29, 0.717) is 6.42 Å². The lowest BCUT2D eigenvalue weighted by atomic mass is 9.97. The average Bonchev–Trinajstić information content (AvgIpc) is 2.79. The van der Waals surface area contributed by atoms with E-state index in [1.54, 1.807) is 12.1 Å². The van der Waals surface area contributed by atoms with Crippen molar-refractivity contribution >= 4 is 0 Å². The summed E-state index contributed by atoms with van der Waals surface area (Å²) in [5, 5.41) is 79.2. The summed E-state index contributed by atoms with van der Waals surface area (Å²) in [6, 6.07) is 6.43. The van der Waals surface area contributed by atoms with Crippen LogP contribution in [0.3, 0.4) is 0 Å². The molecule has 2 saturated heterocycles. The SMILES string of the molecule is OC[C@H]1O[C@@H](O[C@@H]2[C@@H](O)[C@H](OCCc3ccc(O)cc3)O[C@H](CO)[C@H]2O)[C@H](O)[C@@H](O)[C@@H]1O. The van der Waals surface area contributed by atoms with Gasteiger partial charge in [0, 0.05) is 0 Å². The zero-order valence-corrected chi connectivity index (χ0v) is 17.1. The zero-order valence-electron chi connectivity index (χ0n) is 17.1. The molecule has 0 bridgehead atoms. The monoisotopic (exact) mass is 462 g/mol. The molecule has 2 aliphatic heterocycles. The fourth-order valence-corrected chi connectivity index (χ4v) is 3.64. The van der Waals surface area contributed by atoms with E-state index < -0.39 is 74.6 Å². The van der Waals surface area contributed by atoms with Crippen molar-refractivity contribution in [2.45, 2.75) is 67.8 Å². The summed E-state index contributed by atoms with van der Waals surface area (Å²) in [5.41, 5.74) is 0.848. The van der Waals surface area contributed by atoms with E-state index in [1.165, 1.54) is 12.1 Å². The van der Waals surface area contributed by atoms with Crippen molar-refractivity contribution in [1.29, 1.82) is 0 Å². The maximum Gasteiger partial charge on any atom is 0.187 e. The summed E-state index contributed by atoms with van der Waals surface area (Å²) in [7, 11) is 0. The summed E-state index contributed by atoms with van der Waals surface area (Å²) < 4.78 is 21.8. The number of aliphatic hydroxyl groups excluding tert-OH is 7. The maximum atomic E-state index is 10.7. The van der Waals surface area contributed by atoms with Crippen LogP contribution in [0.5, 0.6) is 5.75 Å². The number of aliphatic hydroxyl groups is 7. The number of hydrogen-bond acceptors (Lipinski definition) is 12. The van der Waals surface area contributed by atoms with Gasteiger partial charge in [0.2, 0.25) is 0 Å². The van der Waals surface area contributed by atoms with Crippen LogP contribution in [0, 0.1) is 0 Å². The fourth-order valence-electron chi connectivity index (χ4n) is 3.64. The van der Waals surface area contributed by atoms with E-state index >= 15 is 0 Å². The van der Waals surface area contributed by atoms with Crippen LogP contribution >= 0.6 is 0 Å². The molecule has 10 atom stereocenters. The Labute approximate surface area is 183 Å². The third kappa shape index (κ3) is 5.55. The van der Waals surface area contributed by atoms with Crippen molar-refractivity contribution in [3.8, 4) is 5.75 Å². The number of ether oxygens (including phenoxy) is 4. The highest BCUT2D eigenvalue weighted by Crippen LogP contribution is 2.29. The Morgan fingerprint density at radius 2 is 1.31 bits per heavy atom. The first-order chi connectivity index (χ1) is 15.3. The largest absolute Gasteiger partial charge is 0.508 e. The molecule has 0 saturated carbocycles. The Hall–Kier alpha value is -1.42. The van der Waals surface area contributed by atoms with Gasteiger partial charge in [-0.25, -0.2) is 0 Å². The second-order valence-corrected chi connectivity index (χ2v) is 7.79. The number of aromatic hydroxyl groups is 1. The zero-order chi connectivity index (χ0) is 23.4. The summed E-state index contributed by atoms with van der Waals surface area (Å²) >= 11 is 0. The number of phenols is 1. The van der Waals surface area contributed by atoms with Gasteiger partial charge in [-0.3, -0.25) is 0 Å². The van der Waals surface area contributed by atoms with E-state index in [2.05, 4.69) is 0 Å².